The Morgan fingerprint density at radius 3 is 2.26 bits per heavy atom. The molecule has 1 saturated carbocycles. The molecule has 0 aliphatic heterocycles. The summed E-state index contributed by atoms with van der Waals surface area (Å²) >= 11 is 0. The standard InChI is InChI=1S/C40H59NO6/c1-6-9-25-41(5)37(42)18-16-14-12-10-11-13-15-17-26-45-35-28-32-31(30-20-19-29(27-33(30)35)46-38(43)7-2)23-24-40(4)34(32)21-22-36(40)47-39(44)8-3/h19-20,27-28,34,36H,6-18,21-26H2,1-5H3/t34-,36-,40-/m0/s1. The minimum absolute atomic E-state index is 0.0521. The second kappa shape index (κ2) is 17.9. The smallest absolute Gasteiger partial charge is 0.310 e. The molecule has 0 saturated heterocycles. The Balaban J connectivity index is 1.33. The first-order valence-electron chi connectivity index (χ1n) is 18.6. The summed E-state index contributed by atoms with van der Waals surface area (Å²) in [6, 6.07) is 8.19. The lowest BCUT2D eigenvalue weighted by atomic mass is 9.65. The zero-order valence-electron chi connectivity index (χ0n) is 29.8. The Kier molecular flexibility index (Phi) is 14.0. The number of carbonyl (C=O) groups excluding carboxylic acids is 3. The van der Waals surface area contributed by atoms with Gasteiger partial charge in [-0.05, 0) is 85.6 Å². The fourth-order valence-electron chi connectivity index (χ4n) is 7.64. The minimum atomic E-state index is -0.248. The normalized spacial score (nSPS) is 20.0. The number of esters is 2. The van der Waals surface area contributed by atoms with Crippen molar-refractivity contribution in [1.29, 1.82) is 0 Å². The molecular weight excluding hydrogens is 590 g/mol. The van der Waals surface area contributed by atoms with Crippen LogP contribution < -0.4 is 9.47 Å². The van der Waals surface area contributed by atoms with E-state index in [0.717, 1.165) is 81.9 Å². The van der Waals surface area contributed by atoms with E-state index in [1.807, 2.05) is 31.0 Å². The highest BCUT2D eigenvalue weighted by molar-refractivity contribution is 5.94. The molecule has 7 nitrogen and oxygen atoms in total. The molecule has 0 bridgehead atoms. The molecule has 0 aromatic heterocycles. The van der Waals surface area contributed by atoms with E-state index in [0.29, 0.717) is 37.5 Å². The number of unbranched alkanes of at least 4 members (excludes halogenated alkanes) is 8. The van der Waals surface area contributed by atoms with E-state index in [1.165, 1.54) is 42.2 Å². The predicted octanol–water partition coefficient (Wildman–Crippen LogP) is 9.46. The van der Waals surface area contributed by atoms with E-state index < -0.39 is 0 Å². The summed E-state index contributed by atoms with van der Waals surface area (Å²) < 4.78 is 18.1. The van der Waals surface area contributed by atoms with Crippen molar-refractivity contribution >= 4 is 28.6 Å². The van der Waals surface area contributed by atoms with Crippen LogP contribution in [0.3, 0.4) is 0 Å². The molecule has 0 N–H and O–H groups in total. The van der Waals surface area contributed by atoms with Crippen molar-refractivity contribution in [2.24, 2.45) is 5.41 Å². The second-order valence-electron chi connectivity index (χ2n) is 14.0. The summed E-state index contributed by atoms with van der Waals surface area (Å²) in [7, 11) is 1.92. The molecule has 1 fully saturated rings. The van der Waals surface area contributed by atoms with Gasteiger partial charge in [0.15, 0.2) is 0 Å². The monoisotopic (exact) mass is 649 g/mol. The Hall–Kier alpha value is -3.09. The van der Waals surface area contributed by atoms with Crippen LogP contribution in [0.1, 0.15) is 147 Å². The average Bonchev–Trinajstić information content (AvgIpc) is 3.41. The van der Waals surface area contributed by atoms with Gasteiger partial charge in [0.05, 0.1) is 6.61 Å². The van der Waals surface area contributed by atoms with Gasteiger partial charge in [-0.25, -0.2) is 0 Å². The maximum absolute atomic E-state index is 12.2. The van der Waals surface area contributed by atoms with Crippen LogP contribution in [0.15, 0.2) is 24.3 Å². The van der Waals surface area contributed by atoms with Crippen LogP contribution in [-0.4, -0.2) is 49.0 Å². The summed E-state index contributed by atoms with van der Waals surface area (Å²) in [5.41, 5.74) is 2.59. The van der Waals surface area contributed by atoms with Crippen molar-refractivity contribution in [2.75, 3.05) is 20.2 Å². The van der Waals surface area contributed by atoms with Crippen LogP contribution >= 0.6 is 0 Å². The van der Waals surface area contributed by atoms with Crippen LogP contribution in [0, 0.1) is 5.41 Å². The maximum Gasteiger partial charge on any atom is 0.310 e. The molecule has 47 heavy (non-hydrogen) atoms. The average molecular weight is 650 g/mol. The molecule has 3 atom stereocenters. The van der Waals surface area contributed by atoms with Crippen molar-refractivity contribution < 1.29 is 28.6 Å². The number of rotatable bonds is 19. The number of fused-ring (bicyclic) bond motifs is 5. The Labute approximate surface area is 283 Å². The molecule has 4 rings (SSSR count). The fraction of sp³-hybridized carbons (Fsp3) is 0.675. The molecule has 2 aromatic carbocycles. The first kappa shape index (κ1) is 36.7. The van der Waals surface area contributed by atoms with Gasteiger partial charge in [-0.15, -0.1) is 0 Å². The van der Waals surface area contributed by atoms with Gasteiger partial charge in [0.1, 0.15) is 17.6 Å². The highest BCUT2D eigenvalue weighted by Crippen LogP contribution is 2.58. The molecule has 1 amide bonds. The van der Waals surface area contributed by atoms with Gasteiger partial charge < -0.3 is 19.1 Å². The molecule has 2 aromatic rings. The number of nitrogens with zero attached hydrogens (tertiary/aromatic N) is 1. The first-order valence-corrected chi connectivity index (χ1v) is 18.6. The largest absolute Gasteiger partial charge is 0.493 e. The van der Waals surface area contributed by atoms with E-state index in [2.05, 4.69) is 26.0 Å². The Morgan fingerprint density at radius 2 is 1.55 bits per heavy atom. The van der Waals surface area contributed by atoms with Gasteiger partial charge >= 0.3 is 11.9 Å². The topological polar surface area (TPSA) is 82.1 Å². The van der Waals surface area contributed by atoms with Crippen molar-refractivity contribution in [2.45, 2.75) is 149 Å². The highest BCUT2D eigenvalue weighted by atomic mass is 16.5. The fourth-order valence-corrected chi connectivity index (χ4v) is 7.64. The number of carbonyl (C=O) groups is 3. The zero-order chi connectivity index (χ0) is 33.8. The van der Waals surface area contributed by atoms with Gasteiger partial charge in [0, 0.05) is 43.7 Å². The number of hydrogen-bond donors (Lipinski definition) is 0. The van der Waals surface area contributed by atoms with Crippen molar-refractivity contribution in [3.05, 3.63) is 35.4 Å². The summed E-state index contributed by atoms with van der Waals surface area (Å²) in [5.74, 6) is 1.63. The predicted molar refractivity (Wildman–Crippen MR) is 188 cm³/mol. The summed E-state index contributed by atoms with van der Waals surface area (Å²) in [6.45, 7) is 9.62. The van der Waals surface area contributed by atoms with E-state index in [9.17, 15) is 14.4 Å². The number of aryl methyl sites for hydroxylation is 1. The van der Waals surface area contributed by atoms with Crippen LogP contribution in [0.25, 0.3) is 10.8 Å². The third kappa shape index (κ3) is 9.51. The van der Waals surface area contributed by atoms with Crippen molar-refractivity contribution in [3.8, 4) is 11.5 Å². The number of benzene rings is 2. The number of amides is 1. The molecule has 2 aliphatic rings. The van der Waals surface area contributed by atoms with Crippen molar-refractivity contribution in [1.82, 2.24) is 4.90 Å². The third-order valence-corrected chi connectivity index (χ3v) is 10.7. The number of ether oxygens (including phenoxy) is 3. The molecule has 2 aliphatic carbocycles. The zero-order valence-corrected chi connectivity index (χ0v) is 29.8. The SMILES string of the molecule is CCCCN(C)C(=O)CCCCCCCCCCOc1cc2c(c3ccc(OC(=O)CC)cc13)CC[C@]1(C)[C@@H](OC(=O)CC)CC[C@@H]21. The van der Waals surface area contributed by atoms with Gasteiger partial charge in [-0.2, -0.15) is 0 Å². The Morgan fingerprint density at radius 1 is 0.851 bits per heavy atom. The maximum atomic E-state index is 12.2. The molecule has 7 heteroatoms. The summed E-state index contributed by atoms with van der Waals surface area (Å²) in [6.07, 6.45) is 16.3. The number of hydrogen-bond acceptors (Lipinski definition) is 6. The van der Waals surface area contributed by atoms with Crippen LogP contribution in [0.5, 0.6) is 11.5 Å². The minimum Gasteiger partial charge on any atom is -0.493 e. The molecule has 0 spiro atoms. The van der Waals surface area contributed by atoms with Gasteiger partial charge in [0.2, 0.25) is 5.91 Å². The van der Waals surface area contributed by atoms with Crippen LogP contribution in [0.2, 0.25) is 0 Å². The van der Waals surface area contributed by atoms with E-state index in [1.54, 1.807) is 6.92 Å². The van der Waals surface area contributed by atoms with Gasteiger partial charge in [-0.3, -0.25) is 14.4 Å². The van der Waals surface area contributed by atoms with Crippen LogP contribution in [-0.2, 0) is 25.5 Å². The third-order valence-electron chi connectivity index (χ3n) is 10.7. The lowest BCUT2D eigenvalue weighted by molar-refractivity contribution is -0.154. The van der Waals surface area contributed by atoms with Gasteiger partial charge in [0.25, 0.3) is 0 Å². The quantitative estimate of drug-likeness (QED) is 0.0857. The summed E-state index contributed by atoms with van der Waals surface area (Å²) in [4.78, 5) is 38.4. The molecular formula is C40H59NO6. The van der Waals surface area contributed by atoms with E-state index in [4.69, 9.17) is 14.2 Å². The van der Waals surface area contributed by atoms with E-state index >= 15 is 0 Å². The molecule has 0 radical (unpaired) electrons. The second-order valence-corrected chi connectivity index (χ2v) is 14.0. The lowest BCUT2D eigenvalue weighted by Crippen LogP contribution is -2.38. The Bertz CT molecular complexity index is 1350. The first-order chi connectivity index (χ1) is 22.7. The molecule has 0 heterocycles. The highest BCUT2D eigenvalue weighted by Gasteiger charge is 2.51. The lowest BCUT2D eigenvalue weighted by Gasteiger charge is -2.41. The van der Waals surface area contributed by atoms with E-state index in [-0.39, 0.29) is 29.4 Å². The molecule has 260 valence electrons. The van der Waals surface area contributed by atoms with Crippen LogP contribution in [0.4, 0.5) is 0 Å². The summed E-state index contributed by atoms with van der Waals surface area (Å²) in [5, 5.41) is 2.16. The molecule has 0 unspecified atom stereocenters. The van der Waals surface area contributed by atoms with Gasteiger partial charge in [-0.1, -0.05) is 78.7 Å². The van der Waals surface area contributed by atoms with Crippen molar-refractivity contribution in [3.63, 3.8) is 0 Å².